The highest BCUT2D eigenvalue weighted by atomic mass is 16.2. The van der Waals surface area contributed by atoms with Crippen LogP contribution in [0.25, 0.3) is 5.65 Å². The molecule has 5 heteroatoms. The number of fused-ring (bicyclic) bond motifs is 2. The molecule has 2 aromatic heterocycles. The quantitative estimate of drug-likeness (QED) is 0.784. The number of nitrogens with one attached hydrogen (secondary N) is 1. The Kier molecular flexibility index (Phi) is 2.47. The Morgan fingerprint density at radius 2 is 2.05 bits per heavy atom. The van der Waals surface area contributed by atoms with Crippen molar-refractivity contribution in [2.24, 2.45) is 0 Å². The largest absolute Gasteiger partial charge is 0.354 e. The highest BCUT2D eigenvalue weighted by Gasteiger charge is 2.24. The maximum absolute atomic E-state index is 11.9. The zero-order valence-electron chi connectivity index (χ0n) is 11.6. The minimum Gasteiger partial charge on any atom is -0.354 e. The number of carbonyl (C=O) groups is 1. The van der Waals surface area contributed by atoms with Crippen LogP contribution in [-0.2, 0) is 6.54 Å². The molecular weight excluding hydrogens is 264 g/mol. The molecule has 21 heavy (non-hydrogen) atoms. The molecule has 104 valence electrons. The van der Waals surface area contributed by atoms with E-state index in [2.05, 4.69) is 10.3 Å². The van der Waals surface area contributed by atoms with Crippen molar-refractivity contribution >= 4 is 22.9 Å². The summed E-state index contributed by atoms with van der Waals surface area (Å²) in [6.07, 6.45) is 5.68. The summed E-state index contributed by atoms with van der Waals surface area (Å²) < 4.78 is 1.97. The monoisotopic (exact) mass is 278 g/mol. The second kappa shape index (κ2) is 4.34. The predicted molar refractivity (Wildman–Crippen MR) is 80.7 cm³/mol. The Hall–Kier alpha value is -2.82. The van der Waals surface area contributed by atoms with Crippen LogP contribution in [-0.4, -0.2) is 27.2 Å². The van der Waals surface area contributed by atoms with Crippen LogP contribution in [0.5, 0.6) is 0 Å². The SMILES string of the molecule is CN1Cc2cc(Nc3ccc4nccn4c3)ccc2C1=O. The number of hydrogen-bond donors (Lipinski definition) is 1. The van der Waals surface area contributed by atoms with E-state index in [0.29, 0.717) is 6.54 Å². The van der Waals surface area contributed by atoms with Gasteiger partial charge in [0, 0.05) is 43.4 Å². The first-order chi connectivity index (χ1) is 10.2. The van der Waals surface area contributed by atoms with Gasteiger partial charge >= 0.3 is 0 Å². The van der Waals surface area contributed by atoms with E-state index in [9.17, 15) is 4.79 Å². The number of amides is 1. The second-order valence-corrected chi connectivity index (χ2v) is 5.27. The first-order valence-corrected chi connectivity index (χ1v) is 6.79. The third-order valence-corrected chi connectivity index (χ3v) is 3.77. The van der Waals surface area contributed by atoms with Crippen molar-refractivity contribution in [2.45, 2.75) is 6.54 Å². The molecule has 0 unspecified atom stereocenters. The molecular formula is C16H14N4O. The maximum Gasteiger partial charge on any atom is 0.254 e. The fourth-order valence-corrected chi connectivity index (χ4v) is 2.70. The summed E-state index contributed by atoms with van der Waals surface area (Å²) >= 11 is 0. The first kappa shape index (κ1) is 12.0. The number of anilines is 2. The topological polar surface area (TPSA) is 49.6 Å². The van der Waals surface area contributed by atoms with Crippen molar-refractivity contribution in [1.82, 2.24) is 14.3 Å². The normalized spacial score (nSPS) is 13.8. The third kappa shape index (κ3) is 1.94. The summed E-state index contributed by atoms with van der Waals surface area (Å²) in [5.41, 5.74) is 4.75. The van der Waals surface area contributed by atoms with Crippen LogP contribution in [0.15, 0.2) is 48.9 Å². The van der Waals surface area contributed by atoms with Gasteiger partial charge < -0.3 is 14.6 Å². The summed E-state index contributed by atoms with van der Waals surface area (Å²) in [7, 11) is 1.82. The highest BCUT2D eigenvalue weighted by molar-refractivity contribution is 5.98. The molecule has 1 N–H and O–H groups in total. The average Bonchev–Trinajstić information content (AvgIpc) is 3.04. The molecule has 1 aromatic carbocycles. The van der Waals surface area contributed by atoms with E-state index < -0.39 is 0 Å². The van der Waals surface area contributed by atoms with Crippen molar-refractivity contribution in [3.63, 3.8) is 0 Å². The lowest BCUT2D eigenvalue weighted by Gasteiger charge is -2.08. The molecule has 0 atom stereocenters. The molecule has 1 aliphatic heterocycles. The van der Waals surface area contributed by atoms with Crippen LogP contribution in [0.2, 0.25) is 0 Å². The average molecular weight is 278 g/mol. The smallest absolute Gasteiger partial charge is 0.254 e. The van der Waals surface area contributed by atoms with Gasteiger partial charge in [0.05, 0.1) is 5.69 Å². The molecule has 4 rings (SSSR count). The van der Waals surface area contributed by atoms with Crippen LogP contribution in [0, 0.1) is 0 Å². The van der Waals surface area contributed by atoms with Gasteiger partial charge in [0.15, 0.2) is 0 Å². The fraction of sp³-hybridized carbons (Fsp3) is 0.125. The summed E-state index contributed by atoms with van der Waals surface area (Å²) in [6.45, 7) is 0.671. The summed E-state index contributed by atoms with van der Waals surface area (Å²) in [5, 5.41) is 3.37. The number of rotatable bonds is 2. The molecule has 0 fully saturated rings. The fourth-order valence-electron chi connectivity index (χ4n) is 2.70. The van der Waals surface area contributed by atoms with Gasteiger partial charge in [-0.2, -0.15) is 0 Å². The molecule has 0 bridgehead atoms. The van der Waals surface area contributed by atoms with Crippen LogP contribution < -0.4 is 5.32 Å². The summed E-state index contributed by atoms with van der Waals surface area (Å²) in [6, 6.07) is 9.82. The Balaban J connectivity index is 1.65. The number of imidazole rings is 1. The molecule has 3 aromatic rings. The van der Waals surface area contributed by atoms with E-state index in [4.69, 9.17) is 0 Å². The zero-order valence-corrected chi connectivity index (χ0v) is 11.6. The van der Waals surface area contributed by atoms with Gasteiger partial charge in [0.25, 0.3) is 5.91 Å². The number of hydrogen-bond acceptors (Lipinski definition) is 3. The maximum atomic E-state index is 11.9. The molecule has 0 radical (unpaired) electrons. The molecule has 0 saturated carbocycles. The summed E-state index contributed by atoms with van der Waals surface area (Å²) in [4.78, 5) is 17.8. The van der Waals surface area contributed by atoms with Gasteiger partial charge in [0.2, 0.25) is 0 Å². The zero-order chi connectivity index (χ0) is 14.4. The van der Waals surface area contributed by atoms with Gasteiger partial charge in [-0.15, -0.1) is 0 Å². The van der Waals surface area contributed by atoms with Crippen molar-refractivity contribution in [3.05, 3.63) is 60.0 Å². The van der Waals surface area contributed by atoms with Crippen molar-refractivity contribution in [1.29, 1.82) is 0 Å². The van der Waals surface area contributed by atoms with Crippen LogP contribution in [0.3, 0.4) is 0 Å². The Labute approximate surface area is 121 Å². The third-order valence-electron chi connectivity index (χ3n) is 3.77. The van der Waals surface area contributed by atoms with E-state index >= 15 is 0 Å². The lowest BCUT2D eigenvalue weighted by molar-refractivity contribution is 0.0816. The van der Waals surface area contributed by atoms with Crippen molar-refractivity contribution in [3.8, 4) is 0 Å². The molecule has 0 saturated heterocycles. The number of nitrogens with zero attached hydrogens (tertiary/aromatic N) is 3. The highest BCUT2D eigenvalue weighted by Crippen LogP contribution is 2.26. The van der Waals surface area contributed by atoms with Crippen LogP contribution in [0.4, 0.5) is 11.4 Å². The van der Waals surface area contributed by atoms with E-state index in [1.54, 1.807) is 11.1 Å². The Morgan fingerprint density at radius 1 is 1.19 bits per heavy atom. The van der Waals surface area contributed by atoms with Crippen molar-refractivity contribution < 1.29 is 4.79 Å². The van der Waals surface area contributed by atoms with E-state index in [0.717, 1.165) is 28.1 Å². The minimum atomic E-state index is 0.0939. The van der Waals surface area contributed by atoms with Crippen molar-refractivity contribution in [2.75, 3.05) is 12.4 Å². The Bertz CT molecular complexity index is 852. The summed E-state index contributed by atoms with van der Waals surface area (Å²) in [5.74, 6) is 0.0939. The van der Waals surface area contributed by atoms with E-state index in [1.807, 2.05) is 54.2 Å². The number of aromatic nitrogens is 2. The first-order valence-electron chi connectivity index (χ1n) is 6.79. The van der Waals surface area contributed by atoms with Gasteiger partial charge in [-0.1, -0.05) is 0 Å². The van der Waals surface area contributed by atoms with Gasteiger partial charge in [0.1, 0.15) is 5.65 Å². The number of carbonyl (C=O) groups excluding carboxylic acids is 1. The molecule has 5 nitrogen and oxygen atoms in total. The molecule has 1 aliphatic rings. The van der Waals surface area contributed by atoms with E-state index in [-0.39, 0.29) is 5.91 Å². The second-order valence-electron chi connectivity index (χ2n) is 5.27. The van der Waals surface area contributed by atoms with Crippen LogP contribution in [0.1, 0.15) is 15.9 Å². The van der Waals surface area contributed by atoms with Crippen LogP contribution >= 0.6 is 0 Å². The van der Waals surface area contributed by atoms with Gasteiger partial charge in [-0.3, -0.25) is 4.79 Å². The Morgan fingerprint density at radius 3 is 2.95 bits per heavy atom. The number of benzene rings is 1. The molecule has 0 aliphatic carbocycles. The molecule has 3 heterocycles. The molecule has 1 amide bonds. The standard InChI is InChI=1S/C16H14N4O/c1-19-9-11-8-12(2-4-14(11)16(19)21)18-13-3-5-15-17-6-7-20(15)10-13/h2-8,10,18H,9H2,1H3. The van der Waals surface area contributed by atoms with Gasteiger partial charge in [-0.05, 0) is 35.9 Å². The van der Waals surface area contributed by atoms with E-state index in [1.165, 1.54) is 0 Å². The minimum absolute atomic E-state index is 0.0939. The lowest BCUT2D eigenvalue weighted by atomic mass is 10.1. The lowest BCUT2D eigenvalue weighted by Crippen LogP contribution is -2.17. The van der Waals surface area contributed by atoms with Gasteiger partial charge in [-0.25, -0.2) is 4.98 Å². The predicted octanol–water partition coefficient (Wildman–Crippen LogP) is 2.66. The molecule has 0 spiro atoms. The number of pyridine rings is 1.